The summed E-state index contributed by atoms with van der Waals surface area (Å²) in [6.07, 6.45) is -1.95. The molecule has 0 spiro atoms. The van der Waals surface area contributed by atoms with E-state index < -0.39 is 11.7 Å². The van der Waals surface area contributed by atoms with E-state index in [0.717, 1.165) is 29.9 Å². The fraction of sp³-hybridized carbons (Fsp3) is 0.333. The lowest BCUT2D eigenvalue weighted by molar-refractivity contribution is -0.137. The lowest BCUT2D eigenvalue weighted by Crippen LogP contribution is -2.03. The van der Waals surface area contributed by atoms with Crippen molar-refractivity contribution >= 4 is 11.8 Å². The Kier molecular flexibility index (Phi) is 3.15. The van der Waals surface area contributed by atoms with E-state index in [1.165, 1.54) is 23.9 Å². The van der Waals surface area contributed by atoms with Crippen LogP contribution in [0.4, 0.5) is 13.2 Å². The van der Waals surface area contributed by atoms with Gasteiger partial charge < -0.3 is 0 Å². The molecular weight excluding hydrogens is 233 g/mol. The SMILES string of the molecule is FC(F)(F)c1ccc(SC#CC2CC2)cc1. The van der Waals surface area contributed by atoms with Crippen molar-refractivity contribution in [2.45, 2.75) is 23.9 Å². The highest BCUT2D eigenvalue weighted by molar-refractivity contribution is 8.03. The van der Waals surface area contributed by atoms with Gasteiger partial charge in [-0.2, -0.15) is 13.2 Å². The second-order valence-electron chi connectivity index (χ2n) is 3.64. The average molecular weight is 242 g/mol. The van der Waals surface area contributed by atoms with Gasteiger partial charge in [-0.15, -0.1) is 0 Å². The zero-order valence-corrected chi connectivity index (χ0v) is 9.16. The fourth-order valence-electron chi connectivity index (χ4n) is 1.11. The van der Waals surface area contributed by atoms with Crippen LogP contribution in [0.25, 0.3) is 0 Å². The third-order valence-corrected chi connectivity index (χ3v) is 2.92. The maximum absolute atomic E-state index is 12.3. The second kappa shape index (κ2) is 4.42. The predicted octanol–water partition coefficient (Wildman–Crippen LogP) is 4.17. The smallest absolute Gasteiger partial charge is 0.166 e. The van der Waals surface area contributed by atoms with E-state index in [4.69, 9.17) is 0 Å². The van der Waals surface area contributed by atoms with Gasteiger partial charge in [0.05, 0.1) is 5.56 Å². The molecule has 0 nitrogen and oxygen atoms in total. The number of rotatable bonds is 1. The van der Waals surface area contributed by atoms with Crippen LogP contribution < -0.4 is 0 Å². The maximum Gasteiger partial charge on any atom is 0.416 e. The molecule has 0 unspecified atom stereocenters. The van der Waals surface area contributed by atoms with Gasteiger partial charge in [0.2, 0.25) is 0 Å². The van der Waals surface area contributed by atoms with Crippen LogP contribution >= 0.6 is 11.8 Å². The van der Waals surface area contributed by atoms with Crippen LogP contribution in [0.2, 0.25) is 0 Å². The molecule has 4 heteroatoms. The summed E-state index contributed by atoms with van der Waals surface area (Å²) in [7, 11) is 0. The average Bonchev–Trinajstić information content (AvgIpc) is 3.01. The van der Waals surface area contributed by atoms with Crippen molar-refractivity contribution in [1.82, 2.24) is 0 Å². The first-order valence-electron chi connectivity index (χ1n) is 4.90. The molecule has 1 aromatic carbocycles. The van der Waals surface area contributed by atoms with Crippen LogP contribution in [0.5, 0.6) is 0 Å². The maximum atomic E-state index is 12.3. The highest BCUT2D eigenvalue weighted by Crippen LogP contribution is 2.31. The monoisotopic (exact) mass is 242 g/mol. The van der Waals surface area contributed by atoms with Gasteiger partial charge in [-0.3, -0.25) is 0 Å². The highest BCUT2D eigenvalue weighted by atomic mass is 32.2. The number of hydrogen-bond acceptors (Lipinski definition) is 1. The molecule has 1 saturated carbocycles. The summed E-state index contributed by atoms with van der Waals surface area (Å²) in [5.74, 6) is 3.56. The fourth-order valence-corrected chi connectivity index (χ4v) is 1.73. The predicted molar refractivity (Wildman–Crippen MR) is 57.8 cm³/mol. The second-order valence-corrected chi connectivity index (χ2v) is 4.52. The van der Waals surface area contributed by atoms with Gasteiger partial charge in [0.1, 0.15) is 0 Å². The first-order chi connectivity index (χ1) is 7.55. The van der Waals surface area contributed by atoms with Crippen molar-refractivity contribution in [3.63, 3.8) is 0 Å². The van der Waals surface area contributed by atoms with Gasteiger partial charge in [0.15, 0.2) is 0 Å². The third kappa shape index (κ3) is 3.21. The third-order valence-electron chi connectivity index (χ3n) is 2.19. The quantitative estimate of drug-likeness (QED) is 0.526. The normalized spacial score (nSPS) is 15.4. The molecule has 0 aliphatic heterocycles. The summed E-state index contributed by atoms with van der Waals surface area (Å²) >= 11 is 1.28. The molecule has 1 aliphatic rings. The Hall–Kier alpha value is -1.08. The number of halogens is 3. The van der Waals surface area contributed by atoms with Crippen LogP contribution in [-0.2, 0) is 6.18 Å². The Morgan fingerprint density at radius 2 is 1.75 bits per heavy atom. The van der Waals surface area contributed by atoms with Crippen LogP contribution in [-0.4, -0.2) is 0 Å². The highest BCUT2D eigenvalue weighted by Gasteiger charge is 2.29. The summed E-state index contributed by atoms with van der Waals surface area (Å²) in [5, 5.41) is 2.91. The molecule has 0 heterocycles. The summed E-state index contributed by atoms with van der Waals surface area (Å²) in [5.41, 5.74) is -0.619. The minimum atomic E-state index is -4.26. The summed E-state index contributed by atoms with van der Waals surface area (Å²) < 4.78 is 36.8. The molecule has 1 aliphatic carbocycles. The lowest BCUT2D eigenvalue weighted by Gasteiger charge is -2.05. The minimum absolute atomic E-state index is 0.516. The molecule has 84 valence electrons. The van der Waals surface area contributed by atoms with Gasteiger partial charge in [0.25, 0.3) is 0 Å². The summed E-state index contributed by atoms with van der Waals surface area (Å²) in [6, 6.07) is 5.08. The summed E-state index contributed by atoms with van der Waals surface area (Å²) in [4.78, 5) is 0.751. The Morgan fingerprint density at radius 1 is 1.12 bits per heavy atom. The van der Waals surface area contributed by atoms with E-state index in [-0.39, 0.29) is 0 Å². The van der Waals surface area contributed by atoms with E-state index in [0.29, 0.717) is 5.92 Å². The van der Waals surface area contributed by atoms with Crippen molar-refractivity contribution in [1.29, 1.82) is 0 Å². The molecule has 0 aromatic heterocycles. The zero-order chi connectivity index (χ0) is 11.6. The lowest BCUT2D eigenvalue weighted by atomic mass is 10.2. The van der Waals surface area contributed by atoms with E-state index in [1.807, 2.05) is 0 Å². The number of hydrogen-bond donors (Lipinski definition) is 0. The summed E-state index contributed by atoms with van der Waals surface area (Å²) in [6.45, 7) is 0. The minimum Gasteiger partial charge on any atom is -0.166 e. The zero-order valence-electron chi connectivity index (χ0n) is 8.34. The molecular formula is C12H9F3S. The number of benzene rings is 1. The van der Waals surface area contributed by atoms with Crippen LogP contribution in [0, 0.1) is 17.1 Å². The van der Waals surface area contributed by atoms with Crippen molar-refractivity contribution in [3.8, 4) is 11.2 Å². The molecule has 0 N–H and O–H groups in total. The van der Waals surface area contributed by atoms with E-state index in [1.54, 1.807) is 0 Å². The number of thioether (sulfide) groups is 1. The Labute approximate surface area is 96.2 Å². The molecule has 2 rings (SSSR count). The van der Waals surface area contributed by atoms with Crippen LogP contribution in [0.15, 0.2) is 29.2 Å². The van der Waals surface area contributed by atoms with Crippen LogP contribution in [0.1, 0.15) is 18.4 Å². The van der Waals surface area contributed by atoms with E-state index in [2.05, 4.69) is 11.2 Å². The molecule has 1 aromatic rings. The van der Waals surface area contributed by atoms with Crippen molar-refractivity contribution < 1.29 is 13.2 Å². The van der Waals surface area contributed by atoms with Crippen LogP contribution in [0.3, 0.4) is 0 Å². The number of alkyl halides is 3. The van der Waals surface area contributed by atoms with Gasteiger partial charge in [-0.25, -0.2) is 0 Å². The van der Waals surface area contributed by atoms with Gasteiger partial charge in [-0.1, -0.05) is 5.92 Å². The first kappa shape index (κ1) is 11.4. The van der Waals surface area contributed by atoms with E-state index >= 15 is 0 Å². The standard InChI is InChI=1S/C12H9F3S/c13-12(14,15)10-3-5-11(6-4-10)16-8-7-9-1-2-9/h3-6,9H,1-2H2. The van der Waals surface area contributed by atoms with Crippen molar-refractivity contribution in [2.75, 3.05) is 0 Å². The molecule has 0 atom stereocenters. The molecule has 1 fully saturated rings. The van der Waals surface area contributed by atoms with Crippen molar-refractivity contribution in [3.05, 3.63) is 29.8 Å². The van der Waals surface area contributed by atoms with Gasteiger partial charge >= 0.3 is 6.18 Å². The molecule has 0 bridgehead atoms. The molecule has 0 amide bonds. The van der Waals surface area contributed by atoms with E-state index in [9.17, 15) is 13.2 Å². The Balaban J connectivity index is 1.99. The molecule has 0 radical (unpaired) electrons. The largest absolute Gasteiger partial charge is 0.416 e. The van der Waals surface area contributed by atoms with Gasteiger partial charge in [-0.05, 0) is 54.1 Å². The topological polar surface area (TPSA) is 0 Å². The van der Waals surface area contributed by atoms with Crippen molar-refractivity contribution in [2.24, 2.45) is 5.92 Å². The first-order valence-corrected chi connectivity index (χ1v) is 5.72. The molecule has 0 saturated heterocycles. The van der Waals surface area contributed by atoms with Gasteiger partial charge in [0, 0.05) is 10.8 Å². The Bertz CT molecular complexity index is 418. The molecule has 16 heavy (non-hydrogen) atoms. The Morgan fingerprint density at radius 3 is 2.25 bits per heavy atom.